The van der Waals surface area contributed by atoms with Crippen molar-refractivity contribution < 1.29 is 107 Å². The second-order valence-corrected chi connectivity index (χ2v) is 29.2. The normalized spacial score (nSPS) is 14.9. The van der Waals surface area contributed by atoms with Crippen LogP contribution in [-0.4, -0.2) is 278 Å². The van der Waals surface area contributed by atoms with Gasteiger partial charge in [0.15, 0.2) is 0 Å². The molecule has 666 valence electrons. The van der Waals surface area contributed by atoms with E-state index in [2.05, 4.69) is 130 Å². The minimum atomic E-state index is -2.04. The highest BCUT2D eigenvalue weighted by Crippen LogP contribution is 2.20. The Hall–Kier alpha value is -10.4. The lowest BCUT2D eigenvalue weighted by Crippen LogP contribution is -2.61. The fourth-order valence-electron chi connectivity index (χ4n) is 11.6. The van der Waals surface area contributed by atoms with Crippen LogP contribution >= 0.6 is 50.5 Å². The minimum absolute atomic E-state index is 0.0587. The van der Waals surface area contributed by atoms with Crippen LogP contribution in [0.3, 0.4) is 0 Å². The molecule has 31 N–H and O–H groups in total. The van der Waals surface area contributed by atoms with E-state index in [1.165, 1.54) is 0 Å². The number of carbonyl (C=O) groups is 18. The Labute approximate surface area is 712 Å². The maximum atomic E-state index is 14.6. The van der Waals surface area contributed by atoms with Crippen LogP contribution in [0.4, 0.5) is 0 Å². The number of primary amides is 2. The number of para-hydroxylation sites is 1. The van der Waals surface area contributed by atoms with Gasteiger partial charge in [-0.1, -0.05) is 48.5 Å². The zero-order valence-electron chi connectivity index (χ0n) is 66.0. The monoisotopic (exact) mass is 1760 g/mol. The van der Waals surface area contributed by atoms with Crippen LogP contribution in [0.5, 0.6) is 0 Å². The predicted octanol–water partition coefficient (Wildman–Crippen LogP) is -8.73. The van der Waals surface area contributed by atoms with Crippen molar-refractivity contribution in [2.24, 2.45) is 34.4 Å². The molecule has 16 amide bonds. The van der Waals surface area contributed by atoms with Gasteiger partial charge in [0.25, 0.3) is 0 Å². The molecule has 15 atom stereocenters. The SMILES string of the molecule is C[C@H](NC(=O)[C@H](CS)NC(=O)[C@H](CCC(N)=O)NC(=O)[C@@H](N)CS)C(=O)N[C@@H](CO)C(=O)N[C@@H](CCC(N)=O)C(=O)N[C@@H](CCCCN)C(=O)N[C@@H](CC(=O)O)C(=O)N[C@@H](CCCCN)C(=O)N[C@@H](CCCCN)C(=O)N[C@@H](CS)C(=O)N[C@@H](Cc1c[nH]c2ccccc12)C(=O)N[C@@H](CO)C(=O)N[C@@H](Cc1ccccc1)C(=O)N[C@@H](CS)C(=O)O. The maximum Gasteiger partial charge on any atom is 0.327 e. The number of hydrogen-bond donors (Lipinski definition) is 29. The first-order chi connectivity index (χ1) is 57.0. The predicted molar refractivity (Wildman–Crippen MR) is 448 cm³/mol. The number of nitrogens with one attached hydrogen (secondary N) is 15. The van der Waals surface area contributed by atoms with Gasteiger partial charge < -0.3 is 134 Å². The summed E-state index contributed by atoms with van der Waals surface area (Å²) in [6.45, 7) is -0.821. The number of H-pyrrole nitrogens is 1. The first-order valence-electron chi connectivity index (χ1n) is 38.4. The summed E-state index contributed by atoms with van der Waals surface area (Å²) in [7, 11) is 0. The molecule has 3 rings (SSSR count). The third-order valence-electron chi connectivity index (χ3n) is 18.4. The third kappa shape index (κ3) is 36.7. The van der Waals surface area contributed by atoms with Gasteiger partial charge in [-0.2, -0.15) is 50.5 Å². The second-order valence-electron chi connectivity index (χ2n) is 27.8. The number of fused-ring (bicyclic) bond motifs is 1. The molecule has 0 aliphatic carbocycles. The van der Waals surface area contributed by atoms with E-state index in [0.717, 1.165) is 6.92 Å². The highest BCUT2D eigenvalue weighted by atomic mass is 32.1. The number of benzene rings is 2. The minimum Gasteiger partial charge on any atom is -0.481 e. The fraction of sp³-hybridized carbons (Fsp3) is 0.562. The summed E-state index contributed by atoms with van der Waals surface area (Å²) in [5, 5.41) is 74.8. The van der Waals surface area contributed by atoms with Crippen LogP contribution in [-0.2, 0) is 99.1 Å². The second kappa shape index (κ2) is 55.4. The van der Waals surface area contributed by atoms with Crippen LogP contribution in [0.25, 0.3) is 10.9 Å². The Morgan fingerprint density at radius 1 is 0.367 bits per heavy atom. The van der Waals surface area contributed by atoms with Gasteiger partial charge in [-0.3, -0.25) is 81.5 Å². The maximum absolute atomic E-state index is 14.6. The summed E-state index contributed by atoms with van der Waals surface area (Å²) in [5.74, 6) is -21.2. The van der Waals surface area contributed by atoms with E-state index in [0.29, 0.717) is 28.5 Å². The number of aliphatic hydroxyl groups excluding tert-OH is 2. The first-order valence-corrected chi connectivity index (χ1v) is 40.9. The van der Waals surface area contributed by atoms with Crippen molar-refractivity contribution in [2.45, 2.75) is 200 Å². The quantitative estimate of drug-likeness (QED) is 0.0184. The molecule has 2 aromatic carbocycles. The molecule has 0 spiro atoms. The molecular weight excluding hydrogens is 1650 g/mol. The summed E-state index contributed by atoms with van der Waals surface area (Å²) in [6.07, 6.45) is -1.43. The van der Waals surface area contributed by atoms with Crippen LogP contribution in [0, 0.1) is 0 Å². The Morgan fingerprint density at radius 3 is 1.09 bits per heavy atom. The van der Waals surface area contributed by atoms with Crippen molar-refractivity contribution in [1.82, 2.24) is 79.4 Å². The van der Waals surface area contributed by atoms with Crippen LogP contribution in [0.15, 0.2) is 60.8 Å². The van der Waals surface area contributed by atoms with Crippen LogP contribution in [0.1, 0.15) is 108 Å². The van der Waals surface area contributed by atoms with Crippen molar-refractivity contribution in [3.8, 4) is 0 Å². The zero-order chi connectivity index (χ0) is 89.7. The Bertz CT molecular complexity index is 3970. The number of hydrogen-bond acceptors (Lipinski definition) is 28. The molecule has 0 aliphatic heterocycles. The van der Waals surface area contributed by atoms with E-state index in [4.69, 9.17) is 34.4 Å². The number of aromatic nitrogens is 1. The Balaban J connectivity index is 1.91. The van der Waals surface area contributed by atoms with Crippen molar-refractivity contribution in [1.29, 1.82) is 0 Å². The van der Waals surface area contributed by atoms with Gasteiger partial charge in [0.2, 0.25) is 94.5 Å². The number of unbranched alkanes of at least 4 members (excludes halogenated alkanes) is 3. The topological polar surface area (TPSA) is 729 Å². The number of amides is 16. The number of aliphatic hydroxyl groups is 2. The standard InChI is InChI=1S/C73H113N21O22S4/c1-37(81-71(113)53(34-118)92-65(107)46(20-22-56(78)97)82-60(102)41(77)33-117)59(101)90-51(31-95)69(111)86-47(21-23-57(79)98)64(106)84-44(18-8-11-25-75)62(104)89-50(29-58(99)100)68(110)85-43(17-7-10-24-74)61(103)83-45(19-9-12-26-76)63(105)93-54(35-119)72(114)88-49(28-39-30-80-42-16-6-5-15-40(39)42)67(109)91-52(32-96)70(112)87-48(27-38-13-3-2-4-14-38)66(108)94-55(36-120)73(115)116/h2-6,13-16,30,37,41,43-55,80,95-96,117-120H,7-12,17-29,31-36,74-77H2,1H3,(H2,78,97)(H2,79,98)(H,81,113)(H,82,102)(H,83,103)(H,84,106)(H,85,110)(H,86,111)(H,87,112)(H,88,114)(H,89,104)(H,90,101)(H,91,109)(H,92,107)(H,93,105)(H,94,108)(H,99,100)(H,115,116)/t37-,41-,43-,44-,45-,46-,47-,48-,49-,50-,51-,52-,53-,54-,55-/m0/s1. The van der Waals surface area contributed by atoms with Crippen molar-refractivity contribution >= 4 is 168 Å². The van der Waals surface area contributed by atoms with Gasteiger partial charge in [-0.15, -0.1) is 0 Å². The lowest BCUT2D eigenvalue weighted by molar-refractivity contribution is -0.142. The fourth-order valence-corrected chi connectivity index (χ4v) is 12.5. The molecule has 0 unspecified atom stereocenters. The zero-order valence-corrected chi connectivity index (χ0v) is 69.6. The van der Waals surface area contributed by atoms with E-state index < -0.39 is 241 Å². The molecule has 43 nitrogen and oxygen atoms in total. The van der Waals surface area contributed by atoms with Gasteiger partial charge in [-0.25, -0.2) is 4.79 Å². The number of nitrogens with two attached hydrogens (primary N) is 6. The van der Waals surface area contributed by atoms with Crippen LogP contribution < -0.4 is 109 Å². The molecule has 0 saturated carbocycles. The van der Waals surface area contributed by atoms with Crippen LogP contribution in [0.2, 0.25) is 0 Å². The number of aliphatic carboxylic acids is 2. The number of carboxylic acids is 2. The smallest absolute Gasteiger partial charge is 0.327 e. The molecule has 0 bridgehead atoms. The largest absolute Gasteiger partial charge is 0.481 e. The van der Waals surface area contributed by atoms with E-state index >= 15 is 0 Å². The molecule has 47 heteroatoms. The van der Waals surface area contributed by atoms with Gasteiger partial charge in [0.05, 0.1) is 25.7 Å². The van der Waals surface area contributed by atoms with E-state index in [-0.39, 0.29) is 108 Å². The molecule has 0 fully saturated rings. The highest BCUT2D eigenvalue weighted by molar-refractivity contribution is 7.80. The average Bonchev–Trinajstić information content (AvgIpc) is 1.64. The van der Waals surface area contributed by atoms with E-state index in [1.54, 1.807) is 60.8 Å². The lowest BCUT2D eigenvalue weighted by atomic mass is 10.0. The lowest BCUT2D eigenvalue weighted by Gasteiger charge is -2.28. The van der Waals surface area contributed by atoms with E-state index in [9.17, 15) is 107 Å². The molecule has 120 heavy (non-hydrogen) atoms. The summed E-state index contributed by atoms with van der Waals surface area (Å²) >= 11 is 16.4. The molecule has 3 aromatic rings. The summed E-state index contributed by atoms with van der Waals surface area (Å²) < 4.78 is 0. The number of carbonyl (C=O) groups excluding carboxylic acids is 16. The Morgan fingerprint density at radius 2 is 0.692 bits per heavy atom. The molecular formula is C73H113N21O22S4. The number of aromatic amines is 1. The third-order valence-corrected chi connectivity index (χ3v) is 19.9. The highest BCUT2D eigenvalue weighted by Gasteiger charge is 2.39. The average molecular weight is 1770 g/mol. The number of thiol groups is 4. The van der Waals surface area contributed by atoms with Gasteiger partial charge >= 0.3 is 11.9 Å². The molecule has 1 heterocycles. The van der Waals surface area contributed by atoms with E-state index in [1.807, 2.05) is 0 Å². The van der Waals surface area contributed by atoms with Crippen molar-refractivity contribution in [2.75, 3.05) is 55.9 Å². The number of rotatable bonds is 59. The molecule has 1 aromatic heterocycles. The molecule has 0 aliphatic rings. The first kappa shape index (κ1) is 104. The van der Waals surface area contributed by atoms with Crippen molar-refractivity contribution in [3.63, 3.8) is 0 Å². The molecule has 0 radical (unpaired) electrons. The number of carboxylic acid groups (broad SMARTS) is 2. The van der Waals surface area contributed by atoms with Gasteiger partial charge in [0.1, 0.15) is 84.6 Å². The summed E-state index contributed by atoms with van der Waals surface area (Å²) in [6, 6.07) is -9.05. The van der Waals surface area contributed by atoms with Gasteiger partial charge in [-0.05, 0) is 114 Å². The summed E-state index contributed by atoms with van der Waals surface area (Å²) in [5.41, 5.74) is 35.4. The molecule has 0 saturated heterocycles. The van der Waals surface area contributed by atoms with Gasteiger partial charge in [0, 0.05) is 65.8 Å². The summed E-state index contributed by atoms with van der Waals surface area (Å²) in [4.78, 5) is 247. The Kier molecular flexibility index (Phi) is 47.9. The van der Waals surface area contributed by atoms with Crippen molar-refractivity contribution in [3.05, 3.63) is 71.9 Å².